The number of hydrogen-bond donors (Lipinski definition) is 2. The quantitative estimate of drug-likeness (QED) is 0.222. The summed E-state index contributed by atoms with van der Waals surface area (Å²) in [7, 11) is -3.66. The summed E-state index contributed by atoms with van der Waals surface area (Å²) < 4.78 is 27.9. The van der Waals surface area contributed by atoms with Gasteiger partial charge in [0.25, 0.3) is 5.56 Å². The van der Waals surface area contributed by atoms with Gasteiger partial charge in [-0.2, -0.15) is 0 Å². The minimum Gasteiger partial charge on any atom is -0.478 e. The van der Waals surface area contributed by atoms with E-state index in [9.17, 15) is 23.1 Å². The maximum atomic E-state index is 13.8. The van der Waals surface area contributed by atoms with Crippen molar-refractivity contribution in [2.24, 2.45) is 0 Å². The fourth-order valence-electron chi connectivity index (χ4n) is 4.87. The molecule has 1 unspecified atom stereocenters. The van der Waals surface area contributed by atoms with Crippen LogP contribution in [0.15, 0.2) is 107 Å². The van der Waals surface area contributed by atoms with Crippen molar-refractivity contribution in [3.63, 3.8) is 0 Å². The molecule has 0 aliphatic carbocycles. The molecule has 0 bridgehead atoms. The van der Waals surface area contributed by atoms with Crippen LogP contribution in [0.5, 0.6) is 0 Å². The second kappa shape index (κ2) is 11.6. The molecule has 1 aromatic heterocycles. The van der Waals surface area contributed by atoms with E-state index in [1.54, 1.807) is 79.7 Å². The minimum absolute atomic E-state index is 0.0936. The van der Waals surface area contributed by atoms with Crippen LogP contribution in [0.4, 0.5) is 0 Å². The molecule has 0 fully saturated rings. The van der Waals surface area contributed by atoms with Gasteiger partial charge < -0.3 is 5.11 Å². The molecule has 5 rings (SSSR count). The molecule has 2 N–H and O–H groups in total. The zero-order valence-corrected chi connectivity index (χ0v) is 25.2. The smallest absolute Gasteiger partial charge is 0.335 e. The minimum atomic E-state index is -3.66. The van der Waals surface area contributed by atoms with Crippen LogP contribution in [0.2, 0.25) is 0 Å². The number of benzene rings is 4. The van der Waals surface area contributed by atoms with E-state index in [0.29, 0.717) is 22.4 Å². The van der Waals surface area contributed by atoms with Crippen molar-refractivity contribution in [2.45, 2.75) is 44.0 Å². The van der Waals surface area contributed by atoms with Crippen LogP contribution < -0.4 is 10.9 Å². The molecule has 0 saturated carbocycles. The van der Waals surface area contributed by atoms with Crippen LogP contribution >= 0.6 is 0 Å². The molecule has 1 atom stereocenters. The summed E-state index contributed by atoms with van der Waals surface area (Å²) in [5.41, 5.74) is 3.64. The fraction of sp³-hybridized carbons (Fsp3) is 0.206. The van der Waals surface area contributed by atoms with Crippen LogP contribution in [-0.4, -0.2) is 34.9 Å². The third-order valence-corrected chi connectivity index (χ3v) is 8.98. The van der Waals surface area contributed by atoms with E-state index in [1.807, 2.05) is 24.3 Å². The molecule has 43 heavy (non-hydrogen) atoms. The predicted molar refractivity (Wildman–Crippen MR) is 168 cm³/mol. The van der Waals surface area contributed by atoms with Crippen LogP contribution in [0.1, 0.15) is 55.5 Å². The molecular weight excluding hydrogens is 562 g/mol. The van der Waals surface area contributed by atoms with Gasteiger partial charge in [-0.1, -0.05) is 69.3 Å². The molecule has 4 aromatic carbocycles. The molecule has 0 spiro atoms. The summed E-state index contributed by atoms with van der Waals surface area (Å²) in [4.78, 5) is 30.0. The van der Waals surface area contributed by atoms with Gasteiger partial charge in [-0.25, -0.2) is 18.2 Å². The highest BCUT2D eigenvalue weighted by Gasteiger charge is 2.22. The zero-order valence-electron chi connectivity index (χ0n) is 24.4. The molecule has 0 saturated heterocycles. The lowest BCUT2D eigenvalue weighted by Crippen LogP contribution is -2.32. The van der Waals surface area contributed by atoms with Crippen molar-refractivity contribution in [1.82, 2.24) is 14.9 Å². The topological polar surface area (TPSA) is 118 Å². The Balaban J connectivity index is 1.47. The van der Waals surface area contributed by atoms with E-state index < -0.39 is 21.8 Å². The van der Waals surface area contributed by atoms with E-state index in [1.165, 1.54) is 4.57 Å². The fourth-order valence-corrected chi connectivity index (χ4v) is 6.06. The standard InChI is InChI=1S/C34H33N3O5S/c1-22(35-21-43(41,42)28-19-15-26(16-20-28)34(2,3)4)31-36-30-8-6-5-7-29(30)32(38)37(31)27-17-13-24(14-18-27)23-9-11-25(12-10-23)33(39)40/h5-20,22,35H,21H2,1-4H3,(H,39,40). The van der Waals surface area contributed by atoms with Crippen molar-refractivity contribution in [1.29, 1.82) is 0 Å². The number of hydrogen-bond acceptors (Lipinski definition) is 6. The Morgan fingerprint density at radius 1 is 0.884 bits per heavy atom. The summed E-state index contributed by atoms with van der Waals surface area (Å²) in [5, 5.41) is 12.7. The summed E-state index contributed by atoms with van der Waals surface area (Å²) in [6.45, 7) is 8.00. The van der Waals surface area contributed by atoms with Gasteiger partial charge in [-0.05, 0) is 77.6 Å². The Bertz CT molecular complexity index is 1960. The number of carboxylic acids is 1. The summed E-state index contributed by atoms with van der Waals surface area (Å²) in [6, 6.07) is 27.2. The largest absolute Gasteiger partial charge is 0.478 e. The molecule has 5 aromatic rings. The Morgan fingerprint density at radius 2 is 1.47 bits per heavy atom. The van der Waals surface area contributed by atoms with E-state index in [-0.39, 0.29) is 27.3 Å². The van der Waals surface area contributed by atoms with Crippen molar-refractivity contribution in [3.05, 3.63) is 124 Å². The average Bonchev–Trinajstić information content (AvgIpc) is 2.99. The van der Waals surface area contributed by atoms with Crippen molar-refractivity contribution >= 4 is 26.7 Å². The van der Waals surface area contributed by atoms with Gasteiger partial charge in [-0.3, -0.25) is 14.7 Å². The maximum Gasteiger partial charge on any atom is 0.335 e. The van der Waals surface area contributed by atoms with Crippen LogP contribution in [0.3, 0.4) is 0 Å². The lowest BCUT2D eigenvalue weighted by molar-refractivity contribution is 0.0697. The van der Waals surface area contributed by atoms with Gasteiger partial charge in [0.2, 0.25) is 0 Å². The first-order valence-corrected chi connectivity index (χ1v) is 15.5. The Morgan fingerprint density at radius 3 is 2.05 bits per heavy atom. The number of carbonyl (C=O) groups is 1. The monoisotopic (exact) mass is 595 g/mol. The van der Waals surface area contributed by atoms with Crippen molar-refractivity contribution in [2.75, 3.05) is 5.88 Å². The summed E-state index contributed by atoms with van der Waals surface area (Å²) >= 11 is 0. The number of aromatic carboxylic acids is 1. The van der Waals surface area contributed by atoms with Crippen LogP contribution in [0, 0.1) is 0 Å². The number of sulfone groups is 1. The first-order valence-electron chi connectivity index (χ1n) is 13.9. The Hall–Kier alpha value is -4.60. The average molecular weight is 596 g/mol. The first kappa shape index (κ1) is 29.9. The number of carboxylic acid groups (broad SMARTS) is 1. The van der Waals surface area contributed by atoms with E-state index >= 15 is 0 Å². The maximum absolute atomic E-state index is 13.8. The highest BCUT2D eigenvalue weighted by molar-refractivity contribution is 7.91. The summed E-state index contributed by atoms with van der Waals surface area (Å²) in [5.74, 6) is -0.955. The lowest BCUT2D eigenvalue weighted by atomic mass is 9.87. The normalized spacial score (nSPS) is 12.7. The molecule has 0 amide bonds. The van der Waals surface area contributed by atoms with Crippen LogP contribution in [0.25, 0.3) is 27.7 Å². The summed E-state index contributed by atoms with van der Waals surface area (Å²) in [6.07, 6.45) is 0. The number of nitrogens with one attached hydrogen (secondary N) is 1. The number of nitrogens with zero attached hydrogens (tertiary/aromatic N) is 2. The van der Waals surface area contributed by atoms with Crippen LogP contribution in [-0.2, 0) is 15.3 Å². The number of rotatable bonds is 8. The molecule has 0 radical (unpaired) electrons. The number of para-hydroxylation sites is 1. The molecule has 8 nitrogen and oxygen atoms in total. The van der Waals surface area contributed by atoms with E-state index in [4.69, 9.17) is 4.98 Å². The Labute approximate surface area is 250 Å². The molecule has 220 valence electrons. The second-order valence-corrected chi connectivity index (χ2v) is 13.5. The lowest BCUT2D eigenvalue weighted by Gasteiger charge is -2.21. The molecule has 0 aliphatic rings. The zero-order chi connectivity index (χ0) is 30.9. The van der Waals surface area contributed by atoms with Gasteiger partial charge in [0, 0.05) is 0 Å². The molecule has 9 heteroatoms. The third-order valence-electron chi connectivity index (χ3n) is 7.44. The third kappa shape index (κ3) is 6.28. The van der Waals surface area contributed by atoms with Gasteiger partial charge in [0.15, 0.2) is 9.84 Å². The molecule has 1 heterocycles. The van der Waals surface area contributed by atoms with Gasteiger partial charge >= 0.3 is 5.97 Å². The van der Waals surface area contributed by atoms with Crippen molar-refractivity contribution in [3.8, 4) is 16.8 Å². The Kier molecular flexibility index (Phi) is 8.05. The molecular formula is C34H33N3O5S. The number of aromatic nitrogens is 2. The van der Waals surface area contributed by atoms with Gasteiger partial charge in [-0.15, -0.1) is 0 Å². The van der Waals surface area contributed by atoms with Gasteiger partial charge in [0.1, 0.15) is 11.7 Å². The van der Waals surface area contributed by atoms with Crippen molar-refractivity contribution < 1.29 is 18.3 Å². The highest BCUT2D eigenvalue weighted by atomic mass is 32.2. The predicted octanol–water partition coefficient (Wildman–Crippen LogP) is 6.13. The second-order valence-electron chi connectivity index (χ2n) is 11.5. The molecule has 0 aliphatic heterocycles. The van der Waals surface area contributed by atoms with Gasteiger partial charge in [0.05, 0.1) is 33.1 Å². The SMILES string of the molecule is CC(NCS(=O)(=O)c1ccc(C(C)(C)C)cc1)c1nc2ccccc2c(=O)n1-c1ccc(-c2ccc(C(=O)O)cc2)cc1. The number of fused-ring (bicyclic) bond motifs is 1. The van der Waals surface area contributed by atoms with E-state index in [2.05, 4.69) is 26.1 Å². The highest BCUT2D eigenvalue weighted by Crippen LogP contribution is 2.25. The first-order chi connectivity index (χ1) is 20.3. The van der Waals surface area contributed by atoms with E-state index in [0.717, 1.165) is 16.7 Å².